The first-order valence-corrected chi connectivity index (χ1v) is 8.15. The number of hydrogen-bond donors (Lipinski definition) is 0. The topological polar surface area (TPSA) is 20.3 Å². The van der Waals surface area contributed by atoms with Crippen LogP contribution in [0.25, 0.3) is 5.57 Å². The van der Waals surface area contributed by atoms with Crippen LogP contribution in [0.2, 0.25) is 0 Å². The van der Waals surface area contributed by atoms with Crippen LogP contribution in [0.15, 0.2) is 52.3 Å². The first-order chi connectivity index (χ1) is 9.72. The van der Waals surface area contributed by atoms with E-state index < -0.39 is 0 Å². The minimum Gasteiger partial charge on any atom is -0.334 e. The van der Waals surface area contributed by atoms with Crippen molar-refractivity contribution >= 4 is 38.7 Å². The molecule has 0 saturated carbocycles. The summed E-state index contributed by atoms with van der Waals surface area (Å²) in [4.78, 5) is 15.3. The lowest BCUT2D eigenvalue weighted by atomic mass is 10.1. The summed E-state index contributed by atoms with van der Waals surface area (Å²) < 4.78 is 1.05. The van der Waals surface area contributed by atoms with Crippen LogP contribution in [0, 0.1) is 0 Å². The van der Waals surface area contributed by atoms with E-state index in [1.807, 2.05) is 34.5 Å². The van der Waals surface area contributed by atoms with E-state index in [2.05, 4.69) is 34.1 Å². The molecule has 3 rings (SSSR count). The molecule has 1 amide bonds. The van der Waals surface area contributed by atoms with Gasteiger partial charge in [0.2, 0.25) is 5.91 Å². The van der Waals surface area contributed by atoms with E-state index in [0.29, 0.717) is 6.42 Å². The fourth-order valence-electron chi connectivity index (χ4n) is 2.31. The molecule has 4 heteroatoms. The number of nitrogens with zero attached hydrogens (tertiary/aromatic N) is 1. The summed E-state index contributed by atoms with van der Waals surface area (Å²) in [5.74, 6) is 0.196. The number of carbonyl (C=O) groups is 1. The molecule has 0 aliphatic carbocycles. The molecule has 1 aromatic heterocycles. The van der Waals surface area contributed by atoms with E-state index in [1.165, 1.54) is 11.1 Å². The number of thiophene rings is 1. The van der Waals surface area contributed by atoms with Gasteiger partial charge in [-0.15, -0.1) is 11.3 Å². The molecule has 102 valence electrons. The smallest absolute Gasteiger partial charge is 0.228 e. The molecule has 0 N–H and O–H groups in total. The Morgan fingerprint density at radius 3 is 2.80 bits per heavy atom. The third kappa shape index (κ3) is 3.02. The molecule has 2 nitrogen and oxygen atoms in total. The van der Waals surface area contributed by atoms with Crippen molar-refractivity contribution in [3.05, 3.63) is 62.8 Å². The minimum atomic E-state index is 0.196. The highest BCUT2D eigenvalue weighted by atomic mass is 79.9. The number of halogens is 1. The summed E-state index contributed by atoms with van der Waals surface area (Å²) in [6, 6.07) is 12.3. The zero-order valence-electron chi connectivity index (χ0n) is 10.9. The van der Waals surface area contributed by atoms with E-state index in [0.717, 1.165) is 22.4 Å². The summed E-state index contributed by atoms with van der Waals surface area (Å²) in [6.45, 7) is 1.44. The van der Waals surface area contributed by atoms with Gasteiger partial charge >= 0.3 is 0 Å². The van der Waals surface area contributed by atoms with Crippen molar-refractivity contribution in [3.63, 3.8) is 0 Å². The van der Waals surface area contributed by atoms with E-state index in [4.69, 9.17) is 0 Å². The quantitative estimate of drug-likeness (QED) is 0.822. The maximum atomic E-state index is 12.3. The second-order valence-corrected chi connectivity index (χ2v) is 6.69. The summed E-state index contributed by atoms with van der Waals surface area (Å²) in [5.41, 5.74) is 2.45. The SMILES string of the molecule is O=C(Cc1cc(Br)cs1)N1CC=C(c2ccccc2)C1. The maximum absolute atomic E-state index is 12.3. The molecule has 0 unspecified atom stereocenters. The molecule has 0 atom stereocenters. The molecule has 1 aromatic carbocycles. The lowest BCUT2D eigenvalue weighted by Gasteiger charge is -2.16. The second kappa shape index (κ2) is 5.94. The van der Waals surface area contributed by atoms with Gasteiger partial charge < -0.3 is 4.90 Å². The van der Waals surface area contributed by atoms with Crippen molar-refractivity contribution in [2.24, 2.45) is 0 Å². The van der Waals surface area contributed by atoms with Crippen LogP contribution < -0.4 is 0 Å². The fraction of sp³-hybridized carbons (Fsp3) is 0.188. The van der Waals surface area contributed by atoms with Gasteiger partial charge in [-0.25, -0.2) is 0 Å². The lowest BCUT2D eigenvalue weighted by Crippen LogP contribution is -2.30. The molecule has 0 radical (unpaired) electrons. The van der Waals surface area contributed by atoms with Gasteiger partial charge in [-0.3, -0.25) is 4.79 Å². The number of rotatable bonds is 3. The molecular weight excluding hydrogens is 334 g/mol. The average Bonchev–Trinajstić information content (AvgIpc) is 3.09. The van der Waals surface area contributed by atoms with E-state index in [-0.39, 0.29) is 5.91 Å². The van der Waals surface area contributed by atoms with Gasteiger partial charge in [-0.1, -0.05) is 36.4 Å². The number of carbonyl (C=O) groups excluding carboxylic acids is 1. The second-order valence-electron chi connectivity index (χ2n) is 4.78. The van der Waals surface area contributed by atoms with Crippen molar-refractivity contribution in [3.8, 4) is 0 Å². The van der Waals surface area contributed by atoms with Gasteiger partial charge in [0.25, 0.3) is 0 Å². The predicted molar refractivity (Wildman–Crippen MR) is 86.7 cm³/mol. The molecule has 2 aromatic rings. The Kier molecular flexibility index (Phi) is 4.03. The number of benzene rings is 1. The summed E-state index contributed by atoms with van der Waals surface area (Å²) in [5, 5.41) is 2.01. The van der Waals surface area contributed by atoms with Crippen LogP contribution in [0.3, 0.4) is 0 Å². The molecule has 20 heavy (non-hydrogen) atoms. The van der Waals surface area contributed by atoms with Crippen LogP contribution >= 0.6 is 27.3 Å². The normalized spacial score (nSPS) is 14.4. The Balaban J connectivity index is 1.62. The fourth-order valence-corrected chi connectivity index (χ4v) is 3.76. The Labute approximate surface area is 130 Å². The van der Waals surface area contributed by atoms with E-state index >= 15 is 0 Å². The van der Waals surface area contributed by atoms with Gasteiger partial charge in [-0.05, 0) is 33.1 Å². The molecule has 1 aliphatic heterocycles. The summed E-state index contributed by atoms with van der Waals surface area (Å²) >= 11 is 5.04. The molecular formula is C16H14BrNOS. The average molecular weight is 348 g/mol. The third-order valence-electron chi connectivity index (χ3n) is 3.36. The van der Waals surface area contributed by atoms with Crippen LogP contribution in [-0.4, -0.2) is 23.9 Å². The highest BCUT2D eigenvalue weighted by molar-refractivity contribution is 9.10. The maximum Gasteiger partial charge on any atom is 0.228 e. The molecule has 0 saturated heterocycles. The van der Waals surface area contributed by atoms with E-state index in [1.54, 1.807) is 11.3 Å². The van der Waals surface area contributed by atoms with Gasteiger partial charge in [0.15, 0.2) is 0 Å². The van der Waals surface area contributed by atoms with Crippen molar-refractivity contribution in [2.45, 2.75) is 6.42 Å². The Hall–Kier alpha value is -1.39. The molecule has 0 spiro atoms. The van der Waals surface area contributed by atoms with Crippen molar-refractivity contribution in [2.75, 3.05) is 13.1 Å². The molecule has 0 bridgehead atoms. The van der Waals surface area contributed by atoms with Gasteiger partial charge in [0.05, 0.1) is 6.42 Å². The van der Waals surface area contributed by atoms with Crippen molar-refractivity contribution in [1.29, 1.82) is 0 Å². The van der Waals surface area contributed by atoms with Crippen molar-refractivity contribution in [1.82, 2.24) is 4.90 Å². The highest BCUT2D eigenvalue weighted by Crippen LogP contribution is 2.24. The van der Waals surface area contributed by atoms with Crippen LogP contribution in [-0.2, 0) is 11.2 Å². The highest BCUT2D eigenvalue weighted by Gasteiger charge is 2.20. The van der Waals surface area contributed by atoms with Crippen LogP contribution in [0.5, 0.6) is 0 Å². The number of amides is 1. The van der Waals surface area contributed by atoms with Gasteiger partial charge in [0.1, 0.15) is 0 Å². The van der Waals surface area contributed by atoms with Crippen LogP contribution in [0.1, 0.15) is 10.4 Å². The molecule has 2 heterocycles. The predicted octanol–water partition coefficient (Wildman–Crippen LogP) is 3.98. The Morgan fingerprint density at radius 1 is 1.30 bits per heavy atom. The zero-order chi connectivity index (χ0) is 13.9. The van der Waals surface area contributed by atoms with Crippen LogP contribution in [0.4, 0.5) is 0 Å². The number of hydrogen-bond acceptors (Lipinski definition) is 2. The third-order valence-corrected chi connectivity index (χ3v) is 5.06. The first-order valence-electron chi connectivity index (χ1n) is 6.47. The molecule has 1 aliphatic rings. The minimum absolute atomic E-state index is 0.196. The first kappa shape index (κ1) is 13.6. The molecule has 0 fully saturated rings. The standard InChI is InChI=1S/C16H14BrNOS/c17-14-8-15(20-11-14)9-16(19)18-7-6-13(10-18)12-4-2-1-3-5-12/h1-6,8,11H,7,9-10H2. The Bertz CT molecular complexity index is 648. The van der Waals surface area contributed by atoms with Crippen molar-refractivity contribution < 1.29 is 4.79 Å². The lowest BCUT2D eigenvalue weighted by molar-refractivity contribution is -0.129. The Morgan fingerprint density at radius 2 is 2.10 bits per heavy atom. The van der Waals surface area contributed by atoms with E-state index in [9.17, 15) is 4.79 Å². The monoisotopic (exact) mass is 347 g/mol. The largest absolute Gasteiger partial charge is 0.334 e. The zero-order valence-corrected chi connectivity index (χ0v) is 13.3. The summed E-state index contributed by atoms with van der Waals surface area (Å²) in [6.07, 6.45) is 2.64. The summed E-state index contributed by atoms with van der Waals surface area (Å²) in [7, 11) is 0. The van der Waals surface area contributed by atoms with Gasteiger partial charge in [0, 0.05) is 27.8 Å². The van der Waals surface area contributed by atoms with Gasteiger partial charge in [-0.2, -0.15) is 0 Å².